The molecule has 0 saturated carbocycles. The minimum atomic E-state index is 0.184. The van der Waals surface area contributed by atoms with Gasteiger partial charge in [-0.25, -0.2) is 0 Å². The molecule has 4 heteroatoms. The second-order valence-electron chi connectivity index (χ2n) is 8.54. The minimum absolute atomic E-state index is 0.184. The van der Waals surface area contributed by atoms with Crippen LogP contribution in [0.25, 0.3) is 0 Å². The topological polar surface area (TPSA) is 24.9 Å². The molecule has 0 N–H and O–H groups in total. The van der Waals surface area contributed by atoms with Gasteiger partial charge < -0.3 is 14.4 Å². The number of likely N-dealkylation sites (N-methyl/N-ethyl adjacent to an activating group) is 1. The minimum Gasteiger partial charge on any atom is -0.489 e. The fourth-order valence-electron chi connectivity index (χ4n) is 4.71. The fraction of sp³-hybridized carbons (Fsp3) is 0.379. The molecule has 0 radical (unpaired) electrons. The number of nitrogens with zero attached hydrogens (tertiary/aromatic N) is 2. The first-order valence-corrected chi connectivity index (χ1v) is 12.2. The van der Waals surface area contributed by atoms with Gasteiger partial charge in [-0.1, -0.05) is 86.6 Å². The smallest absolute Gasteiger partial charge is 0.142 e. The number of benzene rings is 3. The van der Waals surface area contributed by atoms with Gasteiger partial charge in [0, 0.05) is 6.54 Å². The molecule has 3 aromatic carbocycles. The van der Waals surface area contributed by atoms with Gasteiger partial charge in [-0.3, -0.25) is 4.90 Å². The van der Waals surface area contributed by atoms with Gasteiger partial charge in [-0.05, 0) is 42.8 Å². The van der Waals surface area contributed by atoms with E-state index in [1.807, 2.05) is 0 Å². The van der Waals surface area contributed by atoms with Crippen molar-refractivity contribution in [2.24, 2.45) is 0 Å². The largest absolute Gasteiger partial charge is 0.489 e. The zero-order valence-corrected chi connectivity index (χ0v) is 19.9. The Labute approximate surface area is 198 Å². The molecule has 4 rings (SSSR count). The van der Waals surface area contributed by atoms with E-state index in [0.717, 1.165) is 45.0 Å². The monoisotopic (exact) mass is 444 g/mol. The van der Waals surface area contributed by atoms with Crippen molar-refractivity contribution in [2.45, 2.75) is 32.4 Å². The summed E-state index contributed by atoms with van der Waals surface area (Å²) in [6.45, 7) is 9.49. The average molecular weight is 445 g/mol. The van der Waals surface area contributed by atoms with Crippen LogP contribution < -0.4 is 9.64 Å². The van der Waals surface area contributed by atoms with E-state index >= 15 is 0 Å². The summed E-state index contributed by atoms with van der Waals surface area (Å²) in [6, 6.07) is 30.2. The Morgan fingerprint density at radius 1 is 0.909 bits per heavy atom. The van der Waals surface area contributed by atoms with Crippen molar-refractivity contribution in [3.8, 4) is 5.75 Å². The summed E-state index contributed by atoms with van der Waals surface area (Å²) in [7, 11) is 0. The molecule has 1 aliphatic rings. The summed E-state index contributed by atoms with van der Waals surface area (Å²) in [5, 5.41) is 0. The van der Waals surface area contributed by atoms with Crippen LogP contribution in [0.1, 0.15) is 31.0 Å². The van der Waals surface area contributed by atoms with Crippen LogP contribution in [0.5, 0.6) is 5.75 Å². The van der Waals surface area contributed by atoms with Crippen molar-refractivity contribution >= 4 is 5.69 Å². The second-order valence-corrected chi connectivity index (χ2v) is 8.54. The standard InChI is InChI=1S/C29H36N2O2/c1-3-30(4-2)26(22-32-20-19-24-13-7-5-8-14-24)21-31-27-17-11-12-18-29(27)33-23-28(31)25-15-9-6-10-16-25/h5-18,26,28H,3-4,19-23H2,1-2H3. The highest BCUT2D eigenvalue weighted by molar-refractivity contribution is 5.61. The molecular formula is C29H36N2O2. The zero-order chi connectivity index (χ0) is 22.9. The van der Waals surface area contributed by atoms with Gasteiger partial charge in [-0.15, -0.1) is 0 Å². The van der Waals surface area contributed by atoms with E-state index < -0.39 is 0 Å². The Bertz CT molecular complexity index is 960. The summed E-state index contributed by atoms with van der Waals surface area (Å²) in [5.74, 6) is 0.966. The third-order valence-electron chi connectivity index (χ3n) is 6.56. The number of hydrogen-bond acceptors (Lipinski definition) is 4. The lowest BCUT2D eigenvalue weighted by Gasteiger charge is -2.42. The Morgan fingerprint density at radius 2 is 1.58 bits per heavy atom. The molecule has 0 saturated heterocycles. The highest BCUT2D eigenvalue weighted by atomic mass is 16.5. The van der Waals surface area contributed by atoms with Crippen LogP contribution in [0.4, 0.5) is 5.69 Å². The molecule has 33 heavy (non-hydrogen) atoms. The van der Waals surface area contributed by atoms with Crippen LogP contribution >= 0.6 is 0 Å². The van der Waals surface area contributed by atoms with Crippen molar-refractivity contribution in [3.05, 3.63) is 96.1 Å². The summed E-state index contributed by atoms with van der Waals surface area (Å²) >= 11 is 0. The molecule has 0 aliphatic carbocycles. The van der Waals surface area contributed by atoms with Crippen LogP contribution in [-0.4, -0.2) is 50.4 Å². The quantitative estimate of drug-likeness (QED) is 0.360. The molecule has 174 valence electrons. The second kappa shape index (κ2) is 11.9. The molecule has 1 heterocycles. The average Bonchev–Trinajstić information content (AvgIpc) is 2.88. The highest BCUT2D eigenvalue weighted by Crippen LogP contribution is 2.39. The molecule has 0 spiro atoms. The fourth-order valence-corrected chi connectivity index (χ4v) is 4.71. The Hall–Kier alpha value is -2.82. The number of rotatable bonds is 11. The van der Waals surface area contributed by atoms with E-state index in [-0.39, 0.29) is 6.04 Å². The van der Waals surface area contributed by atoms with Gasteiger partial charge in [0.15, 0.2) is 0 Å². The summed E-state index contributed by atoms with van der Waals surface area (Å²) in [5.41, 5.74) is 3.78. The Kier molecular flexibility index (Phi) is 8.40. The molecule has 1 aliphatic heterocycles. The van der Waals surface area contributed by atoms with E-state index in [2.05, 4.69) is 109 Å². The van der Waals surface area contributed by atoms with Crippen LogP contribution in [0.2, 0.25) is 0 Å². The van der Waals surface area contributed by atoms with Gasteiger partial charge in [0.2, 0.25) is 0 Å². The predicted octanol–water partition coefficient (Wildman–Crippen LogP) is 5.60. The Balaban J connectivity index is 1.51. The number of ether oxygens (including phenoxy) is 2. The van der Waals surface area contributed by atoms with E-state index in [0.29, 0.717) is 12.6 Å². The first-order valence-electron chi connectivity index (χ1n) is 12.2. The van der Waals surface area contributed by atoms with Gasteiger partial charge in [0.1, 0.15) is 12.4 Å². The first-order chi connectivity index (χ1) is 16.3. The molecule has 4 nitrogen and oxygen atoms in total. The van der Waals surface area contributed by atoms with E-state index in [9.17, 15) is 0 Å². The first kappa shape index (κ1) is 23.3. The van der Waals surface area contributed by atoms with Gasteiger partial charge in [0.05, 0.1) is 31.0 Å². The van der Waals surface area contributed by atoms with Crippen molar-refractivity contribution in [3.63, 3.8) is 0 Å². The maximum Gasteiger partial charge on any atom is 0.142 e. The van der Waals surface area contributed by atoms with Crippen molar-refractivity contribution < 1.29 is 9.47 Å². The summed E-state index contributed by atoms with van der Waals surface area (Å²) < 4.78 is 12.4. The molecule has 2 atom stereocenters. The highest BCUT2D eigenvalue weighted by Gasteiger charge is 2.31. The number of anilines is 1. The number of fused-ring (bicyclic) bond motifs is 1. The van der Waals surface area contributed by atoms with Gasteiger partial charge >= 0.3 is 0 Å². The van der Waals surface area contributed by atoms with Gasteiger partial charge in [0.25, 0.3) is 0 Å². The normalized spacial score (nSPS) is 16.3. The zero-order valence-electron chi connectivity index (χ0n) is 19.9. The SMILES string of the molecule is CCN(CC)C(COCCc1ccccc1)CN1c2ccccc2OCC1c1ccccc1. The summed E-state index contributed by atoms with van der Waals surface area (Å²) in [4.78, 5) is 5.04. The van der Waals surface area contributed by atoms with Crippen LogP contribution in [-0.2, 0) is 11.2 Å². The van der Waals surface area contributed by atoms with Crippen molar-refractivity contribution in [2.75, 3.05) is 44.4 Å². The van der Waals surface area contributed by atoms with E-state index in [4.69, 9.17) is 9.47 Å². The molecule has 0 aromatic heterocycles. The maximum absolute atomic E-state index is 6.26. The lowest BCUT2D eigenvalue weighted by atomic mass is 10.0. The maximum atomic E-state index is 6.26. The van der Waals surface area contributed by atoms with Crippen LogP contribution in [0, 0.1) is 0 Å². The third-order valence-corrected chi connectivity index (χ3v) is 6.56. The van der Waals surface area contributed by atoms with Crippen molar-refractivity contribution in [1.82, 2.24) is 4.90 Å². The summed E-state index contributed by atoms with van der Waals surface area (Å²) in [6.07, 6.45) is 0.943. The molecular weight excluding hydrogens is 408 g/mol. The van der Waals surface area contributed by atoms with Crippen LogP contribution in [0.15, 0.2) is 84.9 Å². The molecule has 0 bridgehead atoms. The van der Waals surface area contributed by atoms with Crippen molar-refractivity contribution in [1.29, 1.82) is 0 Å². The lowest BCUT2D eigenvalue weighted by molar-refractivity contribution is 0.0654. The molecule has 2 unspecified atom stereocenters. The van der Waals surface area contributed by atoms with Gasteiger partial charge in [-0.2, -0.15) is 0 Å². The number of para-hydroxylation sites is 2. The molecule has 0 amide bonds. The molecule has 3 aromatic rings. The predicted molar refractivity (Wildman–Crippen MR) is 136 cm³/mol. The van der Waals surface area contributed by atoms with E-state index in [1.54, 1.807) is 0 Å². The van der Waals surface area contributed by atoms with E-state index in [1.165, 1.54) is 16.8 Å². The lowest BCUT2D eigenvalue weighted by Crippen LogP contribution is -2.49. The Morgan fingerprint density at radius 3 is 2.30 bits per heavy atom. The van der Waals surface area contributed by atoms with Crippen LogP contribution in [0.3, 0.4) is 0 Å². The third kappa shape index (κ3) is 5.95. The number of hydrogen-bond donors (Lipinski definition) is 0. The molecule has 0 fully saturated rings.